The normalized spacial score (nSPS) is 12.9. The summed E-state index contributed by atoms with van der Waals surface area (Å²) >= 11 is 0. The molecule has 0 bridgehead atoms. The molecular formula is C13H25N3. The summed E-state index contributed by atoms with van der Waals surface area (Å²) in [5, 5.41) is 8.00. The van der Waals surface area contributed by atoms with Gasteiger partial charge in [0.05, 0.1) is 5.69 Å². The SMILES string of the molecule is CCCNCCCc1ccn(C(C)CC)n1. The quantitative estimate of drug-likeness (QED) is 0.687. The standard InChI is InChI=1S/C13H25N3/c1-4-9-14-10-6-7-13-8-11-16(15-13)12(3)5-2/h8,11-12,14H,4-7,9-10H2,1-3H3. The van der Waals surface area contributed by atoms with Crippen LogP contribution in [0.15, 0.2) is 12.3 Å². The first kappa shape index (κ1) is 13.2. The molecule has 1 unspecified atom stereocenters. The lowest BCUT2D eigenvalue weighted by molar-refractivity contribution is 0.472. The molecule has 1 heterocycles. The molecule has 0 radical (unpaired) electrons. The molecule has 3 heteroatoms. The first-order valence-corrected chi connectivity index (χ1v) is 6.52. The molecule has 0 spiro atoms. The van der Waals surface area contributed by atoms with Crippen LogP contribution in [0.5, 0.6) is 0 Å². The summed E-state index contributed by atoms with van der Waals surface area (Å²) < 4.78 is 2.08. The van der Waals surface area contributed by atoms with Crippen molar-refractivity contribution in [1.29, 1.82) is 0 Å². The molecule has 3 nitrogen and oxygen atoms in total. The molecular weight excluding hydrogens is 198 g/mol. The fraction of sp³-hybridized carbons (Fsp3) is 0.769. The van der Waals surface area contributed by atoms with Gasteiger partial charge in [-0.3, -0.25) is 4.68 Å². The van der Waals surface area contributed by atoms with Gasteiger partial charge in [-0.25, -0.2) is 0 Å². The summed E-state index contributed by atoms with van der Waals surface area (Å²) in [4.78, 5) is 0. The van der Waals surface area contributed by atoms with Crippen LogP contribution >= 0.6 is 0 Å². The Kier molecular flexibility index (Phi) is 6.16. The molecule has 0 saturated carbocycles. The lowest BCUT2D eigenvalue weighted by Crippen LogP contribution is -2.16. The number of aromatic nitrogens is 2. The van der Waals surface area contributed by atoms with Crippen molar-refractivity contribution in [3.05, 3.63) is 18.0 Å². The molecule has 0 aliphatic rings. The Morgan fingerprint density at radius 3 is 2.88 bits per heavy atom. The van der Waals surface area contributed by atoms with Gasteiger partial charge in [-0.05, 0) is 51.8 Å². The predicted molar refractivity (Wildman–Crippen MR) is 68.7 cm³/mol. The number of nitrogens with zero attached hydrogens (tertiary/aromatic N) is 2. The molecule has 92 valence electrons. The number of hydrogen-bond donors (Lipinski definition) is 1. The van der Waals surface area contributed by atoms with E-state index >= 15 is 0 Å². The predicted octanol–water partition coefficient (Wildman–Crippen LogP) is 2.79. The summed E-state index contributed by atoms with van der Waals surface area (Å²) in [5.41, 5.74) is 1.22. The minimum atomic E-state index is 0.520. The maximum atomic E-state index is 4.59. The molecule has 0 saturated heterocycles. The molecule has 0 aromatic carbocycles. The van der Waals surface area contributed by atoms with Crippen molar-refractivity contribution in [2.24, 2.45) is 0 Å². The summed E-state index contributed by atoms with van der Waals surface area (Å²) in [7, 11) is 0. The average Bonchev–Trinajstić information content (AvgIpc) is 2.76. The lowest BCUT2D eigenvalue weighted by Gasteiger charge is -2.08. The third-order valence-corrected chi connectivity index (χ3v) is 2.92. The van der Waals surface area contributed by atoms with Gasteiger partial charge >= 0.3 is 0 Å². The largest absolute Gasteiger partial charge is 0.317 e. The van der Waals surface area contributed by atoms with Crippen LogP contribution in [-0.4, -0.2) is 22.9 Å². The average molecular weight is 223 g/mol. The molecule has 0 amide bonds. The number of hydrogen-bond acceptors (Lipinski definition) is 2. The Morgan fingerprint density at radius 2 is 2.19 bits per heavy atom. The van der Waals surface area contributed by atoms with Crippen molar-refractivity contribution in [3.63, 3.8) is 0 Å². The van der Waals surface area contributed by atoms with Crippen molar-refractivity contribution in [2.45, 2.75) is 52.5 Å². The molecule has 1 N–H and O–H groups in total. The first-order valence-electron chi connectivity index (χ1n) is 6.52. The zero-order valence-corrected chi connectivity index (χ0v) is 10.9. The van der Waals surface area contributed by atoms with Crippen LogP contribution < -0.4 is 5.32 Å². The third-order valence-electron chi connectivity index (χ3n) is 2.92. The van der Waals surface area contributed by atoms with Crippen LogP contribution in [0.1, 0.15) is 51.8 Å². The lowest BCUT2D eigenvalue weighted by atomic mass is 10.2. The van der Waals surface area contributed by atoms with Gasteiger partial charge in [0.1, 0.15) is 0 Å². The second kappa shape index (κ2) is 7.44. The number of nitrogens with one attached hydrogen (secondary N) is 1. The van der Waals surface area contributed by atoms with Gasteiger partial charge in [-0.15, -0.1) is 0 Å². The zero-order chi connectivity index (χ0) is 11.8. The van der Waals surface area contributed by atoms with Gasteiger partial charge in [0.25, 0.3) is 0 Å². The van der Waals surface area contributed by atoms with Crippen molar-refractivity contribution < 1.29 is 0 Å². The highest BCUT2D eigenvalue weighted by Crippen LogP contribution is 2.09. The molecule has 1 aromatic heterocycles. The second-order valence-electron chi connectivity index (χ2n) is 4.40. The van der Waals surface area contributed by atoms with Crippen LogP contribution in [0.2, 0.25) is 0 Å². The van der Waals surface area contributed by atoms with E-state index in [9.17, 15) is 0 Å². The van der Waals surface area contributed by atoms with Gasteiger partial charge in [0.15, 0.2) is 0 Å². The molecule has 0 aliphatic carbocycles. The van der Waals surface area contributed by atoms with Gasteiger partial charge in [0, 0.05) is 12.2 Å². The van der Waals surface area contributed by atoms with E-state index in [1.54, 1.807) is 0 Å². The van der Waals surface area contributed by atoms with E-state index in [-0.39, 0.29) is 0 Å². The van der Waals surface area contributed by atoms with Crippen molar-refractivity contribution in [1.82, 2.24) is 15.1 Å². The van der Waals surface area contributed by atoms with E-state index in [1.807, 2.05) is 0 Å². The van der Waals surface area contributed by atoms with Crippen molar-refractivity contribution in [3.8, 4) is 0 Å². The minimum Gasteiger partial charge on any atom is -0.317 e. The molecule has 1 rings (SSSR count). The minimum absolute atomic E-state index is 0.520. The van der Waals surface area contributed by atoms with Gasteiger partial charge < -0.3 is 5.32 Å². The van der Waals surface area contributed by atoms with Gasteiger partial charge in [-0.2, -0.15) is 5.10 Å². The van der Waals surface area contributed by atoms with Crippen LogP contribution in [0.25, 0.3) is 0 Å². The van der Waals surface area contributed by atoms with Gasteiger partial charge in [-0.1, -0.05) is 13.8 Å². The number of aryl methyl sites for hydroxylation is 1. The zero-order valence-electron chi connectivity index (χ0n) is 10.9. The first-order chi connectivity index (χ1) is 7.77. The highest BCUT2D eigenvalue weighted by atomic mass is 15.3. The Bertz CT molecular complexity index is 280. The van der Waals surface area contributed by atoms with Crippen molar-refractivity contribution >= 4 is 0 Å². The maximum Gasteiger partial charge on any atom is 0.0625 e. The Balaban J connectivity index is 2.24. The fourth-order valence-corrected chi connectivity index (χ4v) is 1.64. The van der Waals surface area contributed by atoms with Crippen molar-refractivity contribution in [2.75, 3.05) is 13.1 Å². The van der Waals surface area contributed by atoms with Crippen LogP contribution in [0, 0.1) is 0 Å². The van der Waals surface area contributed by atoms with Gasteiger partial charge in [0.2, 0.25) is 0 Å². The molecule has 0 fully saturated rings. The van der Waals surface area contributed by atoms with E-state index in [1.165, 1.54) is 18.5 Å². The Hall–Kier alpha value is -0.830. The summed E-state index contributed by atoms with van der Waals surface area (Å²) in [5.74, 6) is 0. The molecule has 0 aliphatic heterocycles. The molecule has 16 heavy (non-hydrogen) atoms. The van der Waals surface area contributed by atoms with E-state index in [0.29, 0.717) is 6.04 Å². The third kappa shape index (κ3) is 4.35. The Labute approximate surface area is 99.2 Å². The second-order valence-corrected chi connectivity index (χ2v) is 4.40. The Morgan fingerprint density at radius 1 is 1.38 bits per heavy atom. The fourth-order valence-electron chi connectivity index (χ4n) is 1.64. The van der Waals surface area contributed by atoms with E-state index in [0.717, 1.165) is 25.9 Å². The maximum absolute atomic E-state index is 4.59. The highest BCUT2D eigenvalue weighted by Gasteiger charge is 2.03. The smallest absolute Gasteiger partial charge is 0.0625 e. The molecule has 1 atom stereocenters. The topological polar surface area (TPSA) is 29.9 Å². The van der Waals surface area contributed by atoms with E-state index in [4.69, 9.17) is 0 Å². The monoisotopic (exact) mass is 223 g/mol. The molecule has 1 aromatic rings. The highest BCUT2D eigenvalue weighted by molar-refractivity contribution is 4.99. The van der Waals surface area contributed by atoms with Crippen LogP contribution in [0.3, 0.4) is 0 Å². The van der Waals surface area contributed by atoms with Crippen LogP contribution in [-0.2, 0) is 6.42 Å². The summed E-state index contributed by atoms with van der Waals surface area (Å²) in [6.45, 7) is 8.83. The summed E-state index contributed by atoms with van der Waals surface area (Å²) in [6, 6.07) is 2.67. The summed E-state index contributed by atoms with van der Waals surface area (Å²) in [6.07, 6.45) is 6.71. The van der Waals surface area contributed by atoms with E-state index in [2.05, 4.69) is 48.1 Å². The van der Waals surface area contributed by atoms with Crippen LogP contribution in [0.4, 0.5) is 0 Å². The number of rotatable bonds is 8. The van der Waals surface area contributed by atoms with E-state index < -0.39 is 0 Å².